The molecule has 0 fully saturated rings. The summed E-state index contributed by atoms with van der Waals surface area (Å²) in [4.78, 5) is 10.9. The Kier molecular flexibility index (Phi) is 6.62. The molecule has 0 aromatic heterocycles. The van der Waals surface area contributed by atoms with Crippen molar-refractivity contribution in [1.29, 1.82) is 0 Å². The first-order valence-corrected chi connectivity index (χ1v) is 13.4. The molecule has 0 aliphatic heterocycles. The quantitative estimate of drug-likeness (QED) is 0.267. The highest BCUT2D eigenvalue weighted by Gasteiger charge is 2.29. The molecule has 1 aliphatic rings. The van der Waals surface area contributed by atoms with Gasteiger partial charge in [-0.05, 0) is 78.3 Å². The highest BCUT2D eigenvalue weighted by Crippen LogP contribution is 2.39. The number of aryl methyl sites for hydroxylation is 6. The maximum absolute atomic E-state index is 5.47. The van der Waals surface area contributed by atoms with Crippen molar-refractivity contribution in [3.63, 3.8) is 0 Å². The molecule has 2 nitrogen and oxygen atoms in total. The SMILES string of the molecule is CCc1cccc(CC)c1N=C1C(=Nc2c(CC)cccc2CC)c2ccc(C)c3c(C)ccc1c23. The average molecular weight is 473 g/mol. The molecule has 0 bridgehead atoms. The maximum atomic E-state index is 5.47. The van der Waals surface area contributed by atoms with Gasteiger partial charge in [-0.25, -0.2) is 9.98 Å². The second-order valence-corrected chi connectivity index (χ2v) is 9.79. The molecule has 4 aromatic carbocycles. The number of hydrogen-bond donors (Lipinski definition) is 0. The van der Waals surface area contributed by atoms with E-state index in [0.29, 0.717) is 0 Å². The van der Waals surface area contributed by atoms with E-state index < -0.39 is 0 Å². The van der Waals surface area contributed by atoms with Crippen molar-refractivity contribution in [1.82, 2.24) is 0 Å². The van der Waals surface area contributed by atoms with Gasteiger partial charge in [-0.2, -0.15) is 0 Å². The lowest BCUT2D eigenvalue weighted by atomic mass is 9.96. The third kappa shape index (κ3) is 3.89. The van der Waals surface area contributed by atoms with Crippen molar-refractivity contribution >= 4 is 33.6 Å². The number of benzene rings is 4. The van der Waals surface area contributed by atoms with Crippen LogP contribution in [0.2, 0.25) is 0 Å². The van der Waals surface area contributed by atoms with Crippen LogP contribution in [0.1, 0.15) is 72.2 Å². The fraction of sp³-hybridized carbons (Fsp3) is 0.294. The lowest BCUT2D eigenvalue weighted by molar-refractivity contribution is 1.08. The van der Waals surface area contributed by atoms with Crippen molar-refractivity contribution < 1.29 is 0 Å². The molecule has 182 valence electrons. The van der Waals surface area contributed by atoms with Crippen LogP contribution in [0, 0.1) is 13.8 Å². The maximum Gasteiger partial charge on any atom is 0.0979 e. The van der Waals surface area contributed by atoms with E-state index in [9.17, 15) is 0 Å². The summed E-state index contributed by atoms with van der Waals surface area (Å²) in [5, 5.41) is 2.63. The summed E-state index contributed by atoms with van der Waals surface area (Å²) < 4.78 is 0. The van der Waals surface area contributed by atoms with Crippen molar-refractivity contribution in [2.45, 2.75) is 67.2 Å². The van der Waals surface area contributed by atoms with Gasteiger partial charge in [0.25, 0.3) is 0 Å². The van der Waals surface area contributed by atoms with Gasteiger partial charge in [0.15, 0.2) is 0 Å². The zero-order valence-corrected chi connectivity index (χ0v) is 22.5. The normalized spacial score (nSPS) is 14.9. The molecule has 5 rings (SSSR count). The van der Waals surface area contributed by atoms with Gasteiger partial charge >= 0.3 is 0 Å². The minimum atomic E-state index is 0.959. The Morgan fingerprint density at radius 2 is 0.833 bits per heavy atom. The molecule has 0 saturated heterocycles. The van der Waals surface area contributed by atoms with E-state index in [1.165, 1.54) is 55.3 Å². The van der Waals surface area contributed by atoms with Crippen LogP contribution >= 0.6 is 0 Å². The third-order valence-corrected chi connectivity index (χ3v) is 7.69. The molecular weight excluding hydrogens is 436 g/mol. The van der Waals surface area contributed by atoms with Crippen LogP contribution < -0.4 is 0 Å². The van der Waals surface area contributed by atoms with Crippen LogP contribution in [-0.2, 0) is 25.7 Å². The van der Waals surface area contributed by atoms with E-state index in [1.54, 1.807) is 0 Å². The predicted molar refractivity (Wildman–Crippen MR) is 156 cm³/mol. The largest absolute Gasteiger partial charge is 0.246 e. The van der Waals surface area contributed by atoms with E-state index in [4.69, 9.17) is 9.98 Å². The van der Waals surface area contributed by atoms with Gasteiger partial charge in [0.05, 0.1) is 22.8 Å². The van der Waals surface area contributed by atoms with Crippen LogP contribution in [0.15, 0.2) is 70.6 Å². The topological polar surface area (TPSA) is 24.7 Å². The van der Waals surface area contributed by atoms with Gasteiger partial charge in [-0.15, -0.1) is 0 Å². The Bertz CT molecular complexity index is 1380. The molecule has 0 saturated carbocycles. The molecule has 0 spiro atoms. The number of hydrogen-bond acceptors (Lipinski definition) is 2. The third-order valence-electron chi connectivity index (χ3n) is 7.69. The second-order valence-electron chi connectivity index (χ2n) is 9.79. The predicted octanol–water partition coefficient (Wildman–Crippen LogP) is 8.96. The molecule has 2 heteroatoms. The minimum absolute atomic E-state index is 0.959. The zero-order chi connectivity index (χ0) is 25.4. The summed E-state index contributed by atoms with van der Waals surface area (Å²) in [7, 11) is 0. The zero-order valence-electron chi connectivity index (χ0n) is 22.5. The van der Waals surface area contributed by atoms with E-state index in [2.05, 4.69) is 102 Å². The van der Waals surface area contributed by atoms with Crippen LogP contribution in [0.25, 0.3) is 10.8 Å². The van der Waals surface area contributed by atoms with Crippen LogP contribution in [0.5, 0.6) is 0 Å². The first kappa shape index (κ1) is 24.2. The van der Waals surface area contributed by atoms with E-state index in [-0.39, 0.29) is 0 Å². The summed E-state index contributed by atoms with van der Waals surface area (Å²) >= 11 is 0. The van der Waals surface area contributed by atoms with Crippen molar-refractivity contribution in [2.75, 3.05) is 0 Å². The summed E-state index contributed by atoms with van der Waals surface area (Å²) in [5.74, 6) is 0. The Labute approximate surface area is 215 Å². The molecule has 0 radical (unpaired) electrons. The van der Waals surface area contributed by atoms with E-state index >= 15 is 0 Å². The molecule has 0 amide bonds. The summed E-state index contributed by atoms with van der Waals surface area (Å²) in [6.45, 7) is 13.3. The van der Waals surface area contributed by atoms with Gasteiger partial charge < -0.3 is 0 Å². The van der Waals surface area contributed by atoms with Crippen molar-refractivity contribution in [3.8, 4) is 0 Å². The van der Waals surface area contributed by atoms with Crippen LogP contribution in [0.4, 0.5) is 11.4 Å². The monoisotopic (exact) mass is 472 g/mol. The molecule has 0 N–H and O–H groups in total. The first-order valence-electron chi connectivity index (χ1n) is 13.4. The van der Waals surface area contributed by atoms with Crippen molar-refractivity contribution in [3.05, 3.63) is 105 Å². The Hall–Kier alpha value is -3.52. The van der Waals surface area contributed by atoms with Gasteiger partial charge in [-0.3, -0.25) is 0 Å². The number of para-hydroxylation sites is 2. The van der Waals surface area contributed by atoms with Gasteiger partial charge in [0.1, 0.15) is 0 Å². The number of aliphatic imine (C=N–C) groups is 2. The molecule has 0 unspecified atom stereocenters. The highest BCUT2D eigenvalue weighted by atomic mass is 14.8. The fourth-order valence-corrected chi connectivity index (χ4v) is 5.69. The lowest BCUT2D eigenvalue weighted by Gasteiger charge is -2.13. The molecule has 0 atom stereocenters. The minimum Gasteiger partial charge on any atom is -0.246 e. The fourth-order valence-electron chi connectivity index (χ4n) is 5.69. The molecule has 0 heterocycles. The van der Waals surface area contributed by atoms with Gasteiger partial charge in [-0.1, -0.05) is 88.4 Å². The summed E-state index contributed by atoms with van der Waals surface area (Å²) in [5.41, 5.74) is 14.4. The summed E-state index contributed by atoms with van der Waals surface area (Å²) in [6.07, 6.45) is 3.84. The van der Waals surface area contributed by atoms with Gasteiger partial charge in [0.2, 0.25) is 0 Å². The molecule has 36 heavy (non-hydrogen) atoms. The first-order chi connectivity index (χ1) is 17.5. The Morgan fingerprint density at radius 1 is 0.472 bits per heavy atom. The standard InChI is InChI=1S/C34H36N2/c1-7-23-13-11-14-24(8-2)31(23)35-33-27-19-17-21(5)29-22(6)18-20-28(30(27)29)34(33)36-32-25(9-3)15-12-16-26(32)10-4/h11-20H,7-10H2,1-6H3. The highest BCUT2D eigenvalue weighted by molar-refractivity contribution is 6.61. The average Bonchev–Trinajstić information content (AvgIpc) is 3.19. The second kappa shape index (κ2) is 9.85. The molecule has 1 aliphatic carbocycles. The van der Waals surface area contributed by atoms with E-state index in [1.807, 2.05) is 0 Å². The lowest BCUT2D eigenvalue weighted by Crippen LogP contribution is -2.11. The number of rotatable bonds is 6. The van der Waals surface area contributed by atoms with Crippen LogP contribution in [-0.4, -0.2) is 11.4 Å². The van der Waals surface area contributed by atoms with Gasteiger partial charge in [0, 0.05) is 16.5 Å². The van der Waals surface area contributed by atoms with Crippen LogP contribution in [0.3, 0.4) is 0 Å². The summed E-state index contributed by atoms with van der Waals surface area (Å²) in [6, 6.07) is 22.2. The van der Waals surface area contributed by atoms with E-state index in [0.717, 1.165) is 48.5 Å². The molecular formula is C34H36N2. The molecule has 4 aromatic rings. The number of nitrogens with zero attached hydrogens (tertiary/aromatic N) is 2. The smallest absolute Gasteiger partial charge is 0.0979 e. The van der Waals surface area contributed by atoms with Crippen molar-refractivity contribution in [2.24, 2.45) is 9.98 Å². The Morgan fingerprint density at radius 3 is 1.17 bits per heavy atom. The Balaban J connectivity index is 1.89.